The topological polar surface area (TPSA) is 204 Å². The molecule has 0 aromatic heterocycles. The smallest absolute Gasteiger partial charge is 0.298 e. The Morgan fingerprint density at radius 3 is 1.88 bits per heavy atom. The third-order valence-corrected chi connectivity index (χ3v) is 5.31. The molecule has 1 heterocycles. The van der Waals surface area contributed by atoms with Gasteiger partial charge < -0.3 is 0 Å². The van der Waals surface area contributed by atoms with Crippen LogP contribution in [0.2, 0.25) is 0 Å². The molecule has 0 amide bonds. The van der Waals surface area contributed by atoms with Gasteiger partial charge in [0.05, 0.1) is 16.0 Å². The zero-order chi connectivity index (χ0) is 18.3. The first kappa shape index (κ1) is 17.7. The maximum Gasteiger partial charge on any atom is 0.329 e. The summed E-state index contributed by atoms with van der Waals surface area (Å²) in [6.45, 7) is 0. The van der Waals surface area contributed by atoms with E-state index in [-0.39, 0.29) is 4.90 Å². The number of nitriles is 3. The molecule has 24 heavy (non-hydrogen) atoms. The SMILES string of the molecule is N#Cc1c(C#N)c(S(=O)(=O)O)c(C#N)c2c1SNC(S(=O)(=O)O)=N2. The molecule has 14 heteroatoms. The highest BCUT2D eigenvalue weighted by Crippen LogP contribution is 2.42. The predicted octanol–water partition coefficient (Wildman–Crippen LogP) is 0.0339. The fraction of sp³-hybridized carbons (Fsp3) is 0. The van der Waals surface area contributed by atoms with E-state index >= 15 is 0 Å². The monoisotopic (exact) mass is 385 g/mol. The fourth-order valence-corrected chi connectivity index (χ4v) is 4.09. The van der Waals surface area contributed by atoms with Gasteiger partial charge in [0.25, 0.3) is 15.3 Å². The van der Waals surface area contributed by atoms with E-state index in [1.165, 1.54) is 12.1 Å². The molecule has 0 saturated heterocycles. The van der Waals surface area contributed by atoms with E-state index in [1.807, 2.05) is 0 Å². The summed E-state index contributed by atoms with van der Waals surface area (Å²) in [6, 6.07) is 4.36. The summed E-state index contributed by atoms with van der Waals surface area (Å²) in [5.41, 5.74) is -2.74. The van der Waals surface area contributed by atoms with Crippen molar-refractivity contribution in [3.8, 4) is 18.2 Å². The molecule has 0 bridgehead atoms. The van der Waals surface area contributed by atoms with Gasteiger partial charge in [-0.05, 0) is 11.9 Å². The van der Waals surface area contributed by atoms with Gasteiger partial charge in [0.1, 0.15) is 34.4 Å². The van der Waals surface area contributed by atoms with Crippen molar-refractivity contribution >= 4 is 43.0 Å². The van der Waals surface area contributed by atoms with Crippen molar-refractivity contribution in [1.82, 2.24) is 4.72 Å². The summed E-state index contributed by atoms with van der Waals surface area (Å²) in [5, 5.41) is 26.5. The fourth-order valence-electron chi connectivity index (χ4n) is 1.80. The minimum Gasteiger partial charge on any atom is -0.298 e. The van der Waals surface area contributed by atoms with E-state index in [1.54, 1.807) is 6.07 Å². The lowest BCUT2D eigenvalue weighted by Gasteiger charge is -2.19. The lowest BCUT2D eigenvalue weighted by atomic mass is 10.0. The van der Waals surface area contributed by atoms with Crippen LogP contribution in [0.1, 0.15) is 16.7 Å². The second kappa shape index (κ2) is 5.76. The highest BCUT2D eigenvalue weighted by atomic mass is 32.2. The number of hydrogen-bond acceptors (Lipinski definition) is 10. The molecule has 0 saturated carbocycles. The molecule has 0 atom stereocenters. The molecule has 0 fully saturated rings. The highest BCUT2D eigenvalue weighted by Gasteiger charge is 2.34. The van der Waals surface area contributed by atoms with E-state index in [9.17, 15) is 26.7 Å². The molecule has 1 aliphatic heterocycles. The van der Waals surface area contributed by atoms with Crippen LogP contribution < -0.4 is 4.72 Å². The Labute approximate surface area is 139 Å². The van der Waals surface area contributed by atoms with Crippen LogP contribution >= 0.6 is 11.9 Å². The Kier molecular flexibility index (Phi) is 4.24. The normalized spacial score (nSPS) is 13.5. The van der Waals surface area contributed by atoms with E-state index in [2.05, 4.69) is 9.71 Å². The first-order chi connectivity index (χ1) is 11.1. The molecule has 122 valence electrons. The molecule has 1 aliphatic rings. The summed E-state index contributed by atoms with van der Waals surface area (Å²) < 4.78 is 65.7. The van der Waals surface area contributed by atoms with Gasteiger partial charge in [0.2, 0.25) is 0 Å². The van der Waals surface area contributed by atoms with Crippen LogP contribution in [0.4, 0.5) is 5.69 Å². The van der Waals surface area contributed by atoms with Crippen LogP contribution in [0, 0.1) is 34.0 Å². The number of nitrogens with zero attached hydrogens (tertiary/aromatic N) is 4. The third-order valence-electron chi connectivity index (χ3n) is 2.67. The summed E-state index contributed by atoms with van der Waals surface area (Å²) in [6.07, 6.45) is 0. The second-order valence-corrected chi connectivity index (χ2v) is 7.55. The summed E-state index contributed by atoms with van der Waals surface area (Å²) >= 11 is 0.432. The van der Waals surface area contributed by atoms with Crippen molar-refractivity contribution in [3.05, 3.63) is 16.7 Å². The number of benzene rings is 1. The molecule has 11 nitrogen and oxygen atoms in total. The van der Waals surface area contributed by atoms with Gasteiger partial charge in [0.15, 0.2) is 0 Å². The standard InChI is InChI=1S/C10H3N5O6S3/c11-1-4-5(2-12)9(23(16,17)18)6(3-13)7-8(4)22-15-10(14-7)24(19,20)21/h(H,14,15)(H,16,17,18)(H,19,20,21). The van der Waals surface area contributed by atoms with Gasteiger partial charge in [-0.2, -0.15) is 32.6 Å². The average molecular weight is 385 g/mol. The van der Waals surface area contributed by atoms with Gasteiger partial charge >= 0.3 is 10.1 Å². The van der Waals surface area contributed by atoms with Crippen LogP contribution in [-0.4, -0.2) is 31.1 Å². The van der Waals surface area contributed by atoms with Gasteiger partial charge in [-0.3, -0.25) is 13.8 Å². The van der Waals surface area contributed by atoms with Crippen molar-refractivity contribution in [2.45, 2.75) is 9.79 Å². The molecular weight excluding hydrogens is 382 g/mol. The van der Waals surface area contributed by atoms with Gasteiger partial charge in [0, 0.05) is 0 Å². The lowest BCUT2D eigenvalue weighted by Crippen LogP contribution is -2.28. The van der Waals surface area contributed by atoms with Crippen LogP contribution in [0.5, 0.6) is 0 Å². The molecule has 3 N–H and O–H groups in total. The van der Waals surface area contributed by atoms with Gasteiger partial charge in [-0.15, -0.1) is 0 Å². The summed E-state index contributed by atoms with van der Waals surface area (Å²) in [5.74, 6) is 0. The largest absolute Gasteiger partial charge is 0.329 e. The maximum atomic E-state index is 11.5. The van der Waals surface area contributed by atoms with Crippen molar-refractivity contribution < 1.29 is 25.9 Å². The van der Waals surface area contributed by atoms with E-state index < -0.39 is 52.7 Å². The van der Waals surface area contributed by atoms with E-state index in [0.717, 1.165) is 0 Å². The van der Waals surface area contributed by atoms with Crippen molar-refractivity contribution in [3.63, 3.8) is 0 Å². The Morgan fingerprint density at radius 1 is 0.917 bits per heavy atom. The number of rotatable bonds is 1. The molecule has 0 unspecified atom stereocenters. The molecular formula is C10H3N5O6S3. The quantitative estimate of drug-likeness (QED) is 0.434. The zero-order valence-electron chi connectivity index (χ0n) is 11.0. The molecule has 1 aromatic carbocycles. The van der Waals surface area contributed by atoms with Crippen LogP contribution in [0.15, 0.2) is 14.8 Å². The third kappa shape index (κ3) is 2.78. The van der Waals surface area contributed by atoms with Crippen LogP contribution in [-0.2, 0) is 20.2 Å². The van der Waals surface area contributed by atoms with Crippen molar-refractivity contribution in [1.29, 1.82) is 15.8 Å². The average Bonchev–Trinajstić information content (AvgIpc) is 2.49. The summed E-state index contributed by atoms with van der Waals surface area (Å²) in [4.78, 5) is 2.07. The van der Waals surface area contributed by atoms with Gasteiger partial charge in [-0.1, -0.05) is 0 Å². The molecule has 1 aromatic rings. The van der Waals surface area contributed by atoms with Crippen molar-refractivity contribution in [2.24, 2.45) is 4.99 Å². The predicted molar refractivity (Wildman–Crippen MR) is 78.0 cm³/mol. The van der Waals surface area contributed by atoms with Gasteiger partial charge in [-0.25, -0.2) is 4.99 Å². The number of fused-ring (bicyclic) bond motifs is 1. The van der Waals surface area contributed by atoms with Crippen LogP contribution in [0.3, 0.4) is 0 Å². The van der Waals surface area contributed by atoms with E-state index in [4.69, 9.17) is 15.1 Å². The lowest BCUT2D eigenvalue weighted by molar-refractivity contribution is 0.482. The summed E-state index contributed by atoms with van der Waals surface area (Å²) in [7, 11) is -9.94. The first-order valence-electron chi connectivity index (χ1n) is 5.47. The molecule has 0 radical (unpaired) electrons. The van der Waals surface area contributed by atoms with Crippen LogP contribution in [0.25, 0.3) is 0 Å². The molecule has 0 aliphatic carbocycles. The highest BCUT2D eigenvalue weighted by molar-refractivity contribution is 8.05. The zero-order valence-corrected chi connectivity index (χ0v) is 13.5. The Hall–Kier alpha value is -2.67. The van der Waals surface area contributed by atoms with Crippen molar-refractivity contribution in [2.75, 3.05) is 0 Å². The second-order valence-electron chi connectivity index (χ2n) is 4.04. The Balaban J connectivity index is 3.13. The first-order valence-corrected chi connectivity index (χ1v) is 9.16. The minimum atomic E-state index is -5.11. The van der Waals surface area contributed by atoms with E-state index in [0.29, 0.717) is 11.9 Å². The maximum absolute atomic E-state index is 11.5. The molecule has 2 rings (SSSR count). The molecule has 0 spiro atoms. The number of hydrogen-bond donors (Lipinski definition) is 3. The number of aliphatic imine (C=N–C) groups is 1. The minimum absolute atomic E-state index is 0.203. The number of nitrogens with one attached hydrogen (secondary N) is 1. The number of amidine groups is 1. The Bertz CT molecular complexity index is 1130. The Morgan fingerprint density at radius 2 is 1.46 bits per heavy atom.